The summed E-state index contributed by atoms with van der Waals surface area (Å²) in [4.78, 5) is 16.0. The molecule has 0 unspecified atom stereocenters. The minimum Gasteiger partial charge on any atom is -0.530 e. The zero-order valence-corrected chi connectivity index (χ0v) is 16.2. The molecule has 1 amide bonds. The van der Waals surface area contributed by atoms with E-state index in [4.69, 9.17) is 4.74 Å². The number of hydrogen-bond acceptors (Lipinski definition) is 5. The van der Waals surface area contributed by atoms with Crippen LogP contribution < -0.4 is 15.2 Å². The molecule has 0 aliphatic heterocycles. The van der Waals surface area contributed by atoms with Crippen molar-refractivity contribution in [2.24, 2.45) is 0 Å². The fourth-order valence-corrected chi connectivity index (χ4v) is 2.53. The predicted molar refractivity (Wildman–Crippen MR) is 96.2 cm³/mol. The van der Waals surface area contributed by atoms with E-state index in [9.17, 15) is 27.5 Å². The number of ether oxygens (including phenoxy) is 1. The van der Waals surface area contributed by atoms with Gasteiger partial charge >= 0.3 is 6.18 Å². The topological polar surface area (TPSA) is 77.5 Å². The molecule has 1 aromatic heterocycles. The molecule has 1 aromatic carbocycles. The molecule has 2 rings (SSSR count). The Balaban J connectivity index is 2.31. The fraction of sp³-hybridized carbons (Fsp3) is 0.368. The number of benzene rings is 1. The molecular weight excluding hydrogens is 394 g/mol. The predicted octanol–water partition coefficient (Wildman–Crippen LogP) is 3.94. The van der Waals surface area contributed by atoms with Crippen LogP contribution in [0, 0.1) is 5.82 Å². The summed E-state index contributed by atoms with van der Waals surface area (Å²) in [7, 11) is 1.24. The molecule has 0 aliphatic carbocycles. The molecule has 0 saturated heterocycles. The number of amides is 1. The first kappa shape index (κ1) is 22.3. The van der Waals surface area contributed by atoms with Crippen molar-refractivity contribution in [1.29, 1.82) is 0 Å². The van der Waals surface area contributed by atoms with Gasteiger partial charge in [0.2, 0.25) is 0 Å². The van der Waals surface area contributed by atoms with Gasteiger partial charge in [-0.3, -0.25) is 4.98 Å². The first-order valence-corrected chi connectivity index (χ1v) is 8.48. The maximum absolute atomic E-state index is 14.4. The molecule has 0 bridgehead atoms. The van der Waals surface area contributed by atoms with Gasteiger partial charge in [0.15, 0.2) is 0 Å². The summed E-state index contributed by atoms with van der Waals surface area (Å²) in [5.74, 6) is -0.848. The Hall–Kier alpha value is -3.04. The van der Waals surface area contributed by atoms with E-state index in [0.29, 0.717) is 0 Å². The van der Waals surface area contributed by atoms with Crippen molar-refractivity contribution in [3.63, 3.8) is 0 Å². The van der Waals surface area contributed by atoms with Crippen molar-refractivity contribution in [2.75, 3.05) is 12.4 Å². The summed E-state index contributed by atoms with van der Waals surface area (Å²) >= 11 is 0. The summed E-state index contributed by atoms with van der Waals surface area (Å²) in [6.45, 7) is 4.46. The number of alkyl halides is 3. The third-order valence-electron chi connectivity index (χ3n) is 4.07. The Kier molecular flexibility index (Phi) is 6.24. The van der Waals surface area contributed by atoms with Gasteiger partial charge in [0, 0.05) is 11.6 Å². The van der Waals surface area contributed by atoms with Crippen LogP contribution >= 0.6 is 0 Å². The minimum atomic E-state index is -4.66. The maximum Gasteiger partial charge on any atom is 0.418 e. The van der Waals surface area contributed by atoms with Crippen LogP contribution in [-0.4, -0.2) is 28.6 Å². The average molecular weight is 414 g/mol. The van der Waals surface area contributed by atoms with Crippen LogP contribution in [0.25, 0.3) is 0 Å². The van der Waals surface area contributed by atoms with Gasteiger partial charge in [-0.2, -0.15) is 13.2 Å². The zero-order valence-electron chi connectivity index (χ0n) is 16.2. The van der Waals surface area contributed by atoms with Crippen LogP contribution in [0.2, 0.25) is 0 Å². The van der Waals surface area contributed by atoms with Gasteiger partial charge in [-0.05, 0) is 39.0 Å². The number of anilines is 2. The average Bonchev–Trinajstić information content (AvgIpc) is 2.59. The smallest absolute Gasteiger partial charge is 0.418 e. The number of nitrogens with one attached hydrogen (secondary N) is 1. The number of nitrogens with zero attached hydrogens (tertiary/aromatic N) is 2. The number of halogens is 4. The summed E-state index contributed by atoms with van der Waals surface area (Å²) in [5.41, 5.74) is -2.36. The highest BCUT2D eigenvalue weighted by Gasteiger charge is 2.34. The van der Waals surface area contributed by atoms with Gasteiger partial charge < -0.3 is 24.9 Å². The Morgan fingerprint density at radius 1 is 1.24 bits per heavy atom. The van der Waals surface area contributed by atoms with Gasteiger partial charge in [0.1, 0.15) is 17.7 Å². The van der Waals surface area contributed by atoms with Gasteiger partial charge in [-0.1, -0.05) is 0 Å². The second-order valence-electron chi connectivity index (χ2n) is 7.21. The molecule has 6 nitrogen and oxygen atoms in total. The highest BCUT2D eigenvalue weighted by Crippen LogP contribution is 2.38. The van der Waals surface area contributed by atoms with Crippen molar-refractivity contribution >= 4 is 17.5 Å². The second kappa shape index (κ2) is 8.14. The molecule has 158 valence electrons. The molecule has 1 N–H and O–H groups in total. The Morgan fingerprint density at radius 3 is 2.38 bits per heavy atom. The van der Waals surface area contributed by atoms with E-state index in [2.05, 4.69) is 10.3 Å². The standard InChI is InChI=1S/C19H21F4N3O3/c1-18(2,3)26(17(27)28)10-16-14(20)7-11(9-24-16)25-15-6-5-12(29-4)8-13(15)19(21,22)23/h5-9,25H,10H2,1-4H3,(H,27,28)/p-1. The third-order valence-corrected chi connectivity index (χ3v) is 4.07. The first-order valence-electron chi connectivity index (χ1n) is 8.48. The van der Waals surface area contributed by atoms with Gasteiger partial charge in [-0.15, -0.1) is 0 Å². The van der Waals surface area contributed by atoms with Crippen molar-refractivity contribution < 1.29 is 32.2 Å². The van der Waals surface area contributed by atoms with Crippen LogP contribution in [-0.2, 0) is 12.7 Å². The summed E-state index contributed by atoms with van der Waals surface area (Å²) in [5, 5.41) is 13.8. The van der Waals surface area contributed by atoms with E-state index in [0.717, 1.165) is 29.3 Å². The molecule has 0 fully saturated rings. The number of carboxylic acid groups (broad SMARTS) is 1. The van der Waals surface area contributed by atoms with Crippen molar-refractivity contribution in [1.82, 2.24) is 9.88 Å². The van der Waals surface area contributed by atoms with E-state index in [1.54, 1.807) is 20.8 Å². The van der Waals surface area contributed by atoms with Crippen LogP contribution in [0.4, 0.5) is 33.7 Å². The Labute approximate surface area is 165 Å². The van der Waals surface area contributed by atoms with E-state index in [-0.39, 0.29) is 29.4 Å². The number of aromatic nitrogens is 1. The van der Waals surface area contributed by atoms with Crippen molar-refractivity contribution in [2.45, 2.75) is 39.0 Å². The lowest BCUT2D eigenvalue weighted by Gasteiger charge is -2.37. The van der Waals surface area contributed by atoms with E-state index < -0.39 is 29.2 Å². The maximum atomic E-state index is 14.4. The van der Waals surface area contributed by atoms with E-state index in [1.807, 2.05) is 0 Å². The molecule has 2 aromatic rings. The monoisotopic (exact) mass is 414 g/mol. The molecule has 10 heteroatoms. The molecule has 0 spiro atoms. The molecule has 29 heavy (non-hydrogen) atoms. The lowest BCUT2D eigenvalue weighted by molar-refractivity contribution is -0.271. The third kappa shape index (κ3) is 5.49. The highest BCUT2D eigenvalue weighted by molar-refractivity contribution is 5.65. The number of carbonyl (C=O) groups is 1. The number of rotatable bonds is 5. The molecular formula is C19H20F4N3O3-. The number of methoxy groups -OCH3 is 1. The second-order valence-corrected chi connectivity index (χ2v) is 7.21. The normalized spacial score (nSPS) is 11.9. The van der Waals surface area contributed by atoms with Crippen LogP contribution in [0.5, 0.6) is 5.75 Å². The first-order chi connectivity index (χ1) is 13.3. The highest BCUT2D eigenvalue weighted by atomic mass is 19.4. The summed E-state index contributed by atoms with van der Waals surface area (Å²) < 4.78 is 59.1. The van der Waals surface area contributed by atoms with Crippen molar-refractivity contribution in [3.05, 3.63) is 47.5 Å². The SMILES string of the molecule is COc1ccc(Nc2cnc(CN(C(=O)[O-])C(C)(C)C)c(F)c2)c(C(F)(F)F)c1. The Morgan fingerprint density at radius 2 is 1.90 bits per heavy atom. The summed E-state index contributed by atoms with van der Waals surface area (Å²) in [6.07, 6.45) is -5.03. The van der Waals surface area contributed by atoms with Gasteiger partial charge in [0.05, 0.1) is 42.5 Å². The molecule has 1 heterocycles. The largest absolute Gasteiger partial charge is 0.530 e. The lowest BCUT2D eigenvalue weighted by atomic mass is 10.1. The van der Waals surface area contributed by atoms with Crippen molar-refractivity contribution in [3.8, 4) is 5.75 Å². The minimum absolute atomic E-state index is 0.0204. The van der Waals surface area contributed by atoms with E-state index in [1.165, 1.54) is 13.2 Å². The van der Waals surface area contributed by atoms with E-state index >= 15 is 0 Å². The molecule has 0 atom stereocenters. The number of hydrogen-bond donors (Lipinski definition) is 1. The lowest BCUT2D eigenvalue weighted by Crippen LogP contribution is -2.51. The quantitative estimate of drug-likeness (QED) is 0.750. The molecule has 0 radical (unpaired) electrons. The van der Waals surface area contributed by atoms with Crippen LogP contribution in [0.3, 0.4) is 0 Å². The fourth-order valence-electron chi connectivity index (χ4n) is 2.53. The van der Waals surface area contributed by atoms with Gasteiger partial charge in [0.25, 0.3) is 0 Å². The summed E-state index contributed by atoms with van der Waals surface area (Å²) in [6, 6.07) is 4.26. The van der Waals surface area contributed by atoms with Crippen LogP contribution in [0.15, 0.2) is 30.5 Å². The van der Waals surface area contributed by atoms with Crippen LogP contribution in [0.1, 0.15) is 32.0 Å². The van der Waals surface area contributed by atoms with Gasteiger partial charge in [-0.25, -0.2) is 4.39 Å². The molecule has 0 saturated carbocycles. The zero-order chi connectivity index (χ0) is 22.0. The number of carbonyl (C=O) groups excluding carboxylic acids is 1. The molecule has 0 aliphatic rings. The number of pyridine rings is 1. The Bertz CT molecular complexity index is 895.